The highest BCUT2D eigenvalue weighted by Gasteiger charge is 2.31. The molecule has 3 aromatic rings. The normalized spacial score (nSPS) is 19.4. The molecule has 0 radical (unpaired) electrons. The predicted octanol–water partition coefficient (Wildman–Crippen LogP) is 9.51. The monoisotopic (exact) mass is 575 g/mol. The van der Waals surface area contributed by atoms with E-state index in [4.69, 9.17) is 16.3 Å². The fraction of sp³-hybridized carbons (Fsp3) is 0.382. The van der Waals surface area contributed by atoms with Crippen LogP contribution in [-0.2, 0) is 11.2 Å². The molecule has 1 aromatic heterocycles. The van der Waals surface area contributed by atoms with Crippen molar-refractivity contribution in [2.75, 3.05) is 11.4 Å². The Kier molecular flexibility index (Phi) is 8.17. The third kappa shape index (κ3) is 6.16. The average Bonchev–Trinajstić information content (AvgIpc) is 3.38. The molecule has 2 heterocycles. The molecule has 1 N–H and O–H groups in total. The van der Waals surface area contributed by atoms with E-state index < -0.39 is 5.97 Å². The lowest BCUT2D eigenvalue weighted by Gasteiger charge is -2.30. The largest absolute Gasteiger partial charge is 0.481 e. The Morgan fingerprint density at radius 3 is 2.73 bits per heavy atom. The van der Waals surface area contributed by atoms with Crippen molar-refractivity contribution < 1.29 is 14.6 Å². The molecule has 2 aromatic carbocycles. The van der Waals surface area contributed by atoms with Crippen molar-refractivity contribution in [1.29, 1.82) is 0 Å². The molecule has 1 atom stereocenters. The summed E-state index contributed by atoms with van der Waals surface area (Å²) in [5.41, 5.74) is 7.85. The Balaban J connectivity index is 1.38. The van der Waals surface area contributed by atoms with Crippen molar-refractivity contribution >= 4 is 50.8 Å². The fourth-order valence-electron chi connectivity index (χ4n) is 5.95. The minimum Gasteiger partial charge on any atom is -0.481 e. The van der Waals surface area contributed by atoms with Gasteiger partial charge in [-0.2, -0.15) is 0 Å². The van der Waals surface area contributed by atoms with Crippen LogP contribution in [0.15, 0.2) is 59.7 Å². The molecule has 0 spiro atoms. The van der Waals surface area contributed by atoms with E-state index in [0.29, 0.717) is 18.0 Å². The van der Waals surface area contributed by atoms with Gasteiger partial charge >= 0.3 is 5.97 Å². The van der Waals surface area contributed by atoms with Crippen molar-refractivity contribution in [2.45, 2.75) is 73.0 Å². The molecule has 2 aliphatic rings. The van der Waals surface area contributed by atoms with Gasteiger partial charge in [0.05, 0.1) is 12.1 Å². The van der Waals surface area contributed by atoms with Crippen LogP contribution >= 0.6 is 22.9 Å². The van der Waals surface area contributed by atoms with Crippen LogP contribution in [0.1, 0.15) is 68.0 Å². The van der Waals surface area contributed by atoms with Crippen molar-refractivity contribution in [2.24, 2.45) is 5.41 Å². The van der Waals surface area contributed by atoms with Crippen molar-refractivity contribution in [1.82, 2.24) is 0 Å². The van der Waals surface area contributed by atoms with Crippen molar-refractivity contribution in [3.8, 4) is 5.75 Å². The van der Waals surface area contributed by atoms with Gasteiger partial charge < -0.3 is 14.7 Å². The van der Waals surface area contributed by atoms with Gasteiger partial charge in [-0.05, 0) is 102 Å². The second-order valence-electron chi connectivity index (χ2n) is 11.8. The molecular weight excluding hydrogens is 538 g/mol. The first kappa shape index (κ1) is 28.5. The number of ether oxygens (including phenoxy) is 1. The van der Waals surface area contributed by atoms with Gasteiger partial charge in [0, 0.05) is 27.6 Å². The summed E-state index contributed by atoms with van der Waals surface area (Å²) < 4.78 is 7.57. The van der Waals surface area contributed by atoms with Crippen LogP contribution in [0, 0.1) is 19.3 Å². The van der Waals surface area contributed by atoms with Gasteiger partial charge in [-0.25, -0.2) is 0 Å². The molecule has 6 heteroatoms. The Bertz CT molecular complexity index is 1540. The summed E-state index contributed by atoms with van der Waals surface area (Å²) in [6.07, 6.45) is 12.7. The smallest absolute Gasteiger partial charge is 0.305 e. The number of hydrogen-bond donors (Lipinski definition) is 1. The quantitative estimate of drug-likeness (QED) is 0.290. The van der Waals surface area contributed by atoms with Gasteiger partial charge in [0.1, 0.15) is 5.75 Å². The number of anilines is 1. The Morgan fingerprint density at radius 2 is 1.98 bits per heavy atom. The van der Waals surface area contributed by atoms with Gasteiger partial charge in [0.25, 0.3) is 0 Å². The maximum absolute atomic E-state index is 11.3. The number of carbonyl (C=O) groups is 1. The molecule has 0 saturated heterocycles. The molecule has 5 rings (SSSR count). The summed E-state index contributed by atoms with van der Waals surface area (Å²) in [7, 11) is 0. The number of benzene rings is 2. The van der Waals surface area contributed by atoms with Crippen LogP contribution in [0.3, 0.4) is 0 Å². The Hall–Kier alpha value is -3.02. The van der Waals surface area contributed by atoms with Crippen LogP contribution in [0.2, 0.25) is 5.02 Å². The lowest BCUT2D eigenvalue weighted by atomic mass is 9.75. The summed E-state index contributed by atoms with van der Waals surface area (Å²) in [5, 5.41) is 11.3. The minimum absolute atomic E-state index is 0.0413. The number of allylic oxidation sites excluding steroid dienone is 4. The van der Waals surface area contributed by atoms with Gasteiger partial charge in [-0.15, -0.1) is 11.3 Å². The SMILES string of the molecule is CCc1c(C=C2C=C(/C=C/CC3Oc4ccc(Cl)cc4N3CCC(=O)O)CC(C)(C)C2)sc2cc(C)c(C)cc12. The molecule has 1 aliphatic heterocycles. The average molecular weight is 576 g/mol. The summed E-state index contributed by atoms with van der Waals surface area (Å²) in [6.45, 7) is 11.7. The number of carboxylic acids is 1. The van der Waals surface area contributed by atoms with Crippen molar-refractivity contribution in [3.05, 3.63) is 86.3 Å². The Labute approximate surface area is 246 Å². The van der Waals surface area contributed by atoms with E-state index in [2.05, 4.69) is 71.1 Å². The van der Waals surface area contributed by atoms with E-state index in [1.54, 1.807) is 6.07 Å². The van der Waals surface area contributed by atoms with Gasteiger partial charge in [-0.1, -0.05) is 56.7 Å². The second-order valence-corrected chi connectivity index (χ2v) is 13.4. The predicted molar refractivity (Wildman–Crippen MR) is 169 cm³/mol. The van der Waals surface area contributed by atoms with Gasteiger partial charge in [-0.3, -0.25) is 4.79 Å². The van der Waals surface area contributed by atoms with E-state index in [0.717, 1.165) is 30.7 Å². The summed E-state index contributed by atoms with van der Waals surface area (Å²) in [4.78, 5) is 14.7. The number of aryl methyl sites for hydroxylation is 3. The number of hydrogen-bond acceptors (Lipinski definition) is 4. The molecule has 40 heavy (non-hydrogen) atoms. The third-order valence-corrected chi connectivity index (χ3v) is 9.30. The molecule has 1 aliphatic carbocycles. The first-order valence-electron chi connectivity index (χ1n) is 14.1. The minimum atomic E-state index is -0.825. The molecule has 0 bridgehead atoms. The molecular formula is C34H38ClNO3S. The zero-order valence-corrected chi connectivity index (χ0v) is 25.6. The summed E-state index contributed by atoms with van der Waals surface area (Å²) in [6, 6.07) is 10.2. The molecule has 0 amide bonds. The van der Waals surface area contributed by atoms with Gasteiger partial charge in [0.2, 0.25) is 0 Å². The standard InChI is InChI=1S/C34H38ClNO3S/c1-6-26-27-14-21(2)22(3)15-30(27)40-31(26)17-24-16-23(19-34(4,5)20-24)8-7-9-32-36(13-12-33(37)38)28-18-25(35)10-11-29(28)39-32/h7-8,10-11,14-18,32H,6,9,12-13,19-20H2,1-5H3,(H,37,38)/b8-7+,24-17?. The highest BCUT2D eigenvalue weighted by Crippen LogP contribution is 2.43. The molecule has 0 saturated carbocycles. The van der Waals surface area contributed by atoms with Crippen LogP contribution in [-0.4, -0.2) is 23.8 Å². The van der Waals surface area contributed by atoms with Crippen LogP contribution in [0.25, 0.3) is 16.2 Å². The number of rotatable bonds is 8. The number of nitrogens with zero attached hydrogens (tertiary/aromatic N) is 1. The molecule has 0 fully saturated rings. The van der Waals surface area contributed by atoms with Crippen molar-refractivity contribution in [3.63, 3.8) is 0 Å². The molecule has 210 valence electrons. The van der Waals surface area contributed by atoms with Crippen LogP contribution in [0.5, 0.6) is 5.75 Å². The second kappa shape index (κ2) is 11.5. The summed E-state index contributed by atoms with van der Waals surface area (Å²) >= 11 is 8.14. The highest BCUT2D eigenvalue weighted by atomic mass is 35.5. The van der Waals surface area contributed by atoms with E-state index >= 15 is 0 Å². The fourth-order valence-corrected chi connectivity index (χ4v) is 7.47. The van der Waals surface area contributed by atoms with E-state index in [9.17, 15) is 9.90 Å². The first-order chi connectivity index (χ1) is 19.0. The third-order valence-electron chi connectivity index (χ3n) is 7.92. The lowest BCUT2D eigenvalue weighted by Crippen LogP contribution is -2.35. The van der Waals surface area contributed by atoms with Gasteiger partial charge in [0.15, 0.2) is 6.23 Å². The topological polar surface area (TPSA) is 49.8 Å². The number of carboxylic acid groups (broad SMARTS) is 1. The maximum Gasteiger partial charge on any atom is 0.305 e. The zero-order valence-electron chi connectivity index (χ0n) is 24.0. The number of fused-ring (bicyclic) bond motifs is 2. The Morgan fingerprint density at radius 1 is 1.20 bits per heavy atom. The number of thiophene rings is 1. The van der Waals surface area contributed by atoms with E-state index in [-0.39, 0.29) is 18.1 Å². The van der Waals surface area contributed by atoms with Crippen LogP contribution in [0.4, 0.5) is 5.69 Å². The summed E-state index contributed by atoms with van der Waals surface area (Å²) in [5.74, 6) is -0.0781. The number of aliphatic carboxylic acids is 1. The molecule has 4 nitrogen and oxygen atoms in total. The first-order valence-corrected chi connectivity index (χ1v) is 15.3. The van der Waals surface area contributed by atoms with Crippen LogP contribution < -0.4 is 9.64 Å². The van der Waals surface area contributed by atoms with E-state index in [1.807, 2.05) is 28.4 Å². The zero-order chi connectivity index (χ0) is 28.6. The number of halogens is 1. The lowest BCUT2D eigenvalue weighted by molar-refractivity contribution is -0.136. The molecule has 1 unspecified atom stereocenters. The highest BCUT2D eigenvalue weighted by molar-refractivity contribution is 7.20. The van der Waals surface area contributed by atoms with E-state index in [1.165, 1.54) is 42.8 Å². The maximum atomic E-state index is 11.3.